The van der Waals surface area contributed by atoms with Gasteiger partial charge in [-0.25, -0.2) is 0 Å². The lowest BCUT2D eigenvalue weighted by atomic mass is 9.71. The molecule has 108 valence electrons. The normalized spacial score (nSPS) is 18.2. The van der Waals surface area contributed by atoms with E-state index < -0.39 is 0 Å². The van der Waals surface area contributed by atoms with Gasteiger partial charge >= 0.3 is 0 Å². The van der Waals surface area contributed by atoms with Gasteiger partial charge in [0.15, 0.2) is 0 Å². The molecular formula is C16H33NO. The molecule has 1 N–H and O–H groups in total. The minimum Gasteiger partial charge on any atom is -0.383 e. The average molecular weight is 255 g/mol. The first-order chi connectivity index (χ1) is 8.76. The highest BCUT2D eigenvalue weighted by atomic mass is 16.5. The van der Waals surface area contributed by atoms with Crippen LogP contribution in [0.1, 0.15) is 65.2 Å². The van der Waals surface area contributed by atoms with Crippen molar-refractivity contribution >= 4 is 0 Å². The number of hydrogen-bond donors (Lipinski definition) is 1. The van der Waals surface area contributed by atoms with Crippen molar-refractivity contribution in [2.45, 2.75) is 65.2 Å². The number of hydrogen-bond acceptors (Lipinski definition) is 2. The fraction of sp³-hybridized carbons (Fsp3) is 1.00. The third-order valence-corrected chi connectivity index (χ3v) is 4.93. The van der Waals surface area contributed by atoms with E-state index >= 15 is 0 Å². The van der Waals surface area contributed by atoms with Crippen LogP contribution in [0.5, 0.6) is 0 Å². The summed E-state index contributed by atoms with van der Waals surface area (Å²) in [6, 6.07) is 0. The van der Waals surface area contributed by atoms with Gasteiger partial charge in [0, 0.05) is 20.2 Å². The largest absolute Gasteiger partial charge is 0.383 e. The molecule has 0 aromatic carbocycles. The van der Waals surface area contributed by atoms with Crippen LogP contribution in [0.25, 0.3) is 0 Å². The van der Waals surface area contributed by atoms with Crippen molar-refractivity contribution in [2.24, 2.45) is 11.3 Å². The molecule has 1 saturated carbocycles. The second-order valence-electron chi connectivity index (χ2n) is 6.08. The molecule has 0 aliphatic heterocycles. The third-order valence-electron chi connectivity index (χ3n) is 4.93. The zero-order valence-electron chi connectivity index (χ0n) is 12.8. The van der Waals surface area contributed by atoms with E-state index in [-0.39, 0.29) is 0 Å². The molecule has 0 heterocycles. The average Bonchev–Trinajstić information content (AvgIpc) is 2.43. The van der Waals surface area contributed by atoms with Crippen LogP contribution in [-0.2, 0) is 4.74 Å². The van der Waals surface area contributed by atoms with Crippen molar-refractivity contribution in [1.82, 2.24) is 5.32 Å². The van der Waals surface area contributed by atoms with Gasteiger partial charge in [-0.3, -0.25) is 0 Å². The highest BCUT2D eigenvalue weighted by Crippen LogP contribution is 2.38. The Labute approximate surface area is 114 Å². The first kappa shape index (κ1) is 16.0. The lowest BCUT2D eigenvalue weighted by Gasteiger charge is -2.37. The molecular weight excluding hydrogens is 222 g/mol. The van der Waals surface area contributed by atoms with Crippen LogP contribution >= 0.6 is 0 Å². The summed E-state index contributed by atoms with van der Waals surface area (Å²) in [4.78, 5) is 0. The Morgan fingerprint density at radius 3 is 2.33 bits per heavy atom. The summed E-state index contributed by atoms with van der Waals surface area (Å²) in [5.74, 6) is 0.989. The van der Waals surface area contributed by atoms with E-state index in [1.807, 2.05) is 0 Å². The second-order valence-corrected chi connectivity index (χ2v) is 6.08. The van der Waals surface area contributed by atoms with Gasteiger partial charge < -0.3 is 10.1 Å². The lowest BCUT2D eigenvalue weighted by Crippen LogP contribution is -2.37. The second kappa shape index (κ2) is 8.92. The first-order valence-corrected chi connectivity index (χ1v) is 7.96. The van der Waals surface area contributed by atoms with Crippen molar-refractivity contribution in [1.29, 1.82) is 0 Å². The van der Waals surface area contributed by atoms with Gasteiger partial charge in [-0.15, -0.1) is 0 Å². The summed E-state index contributed by atoms with van der Waals surface area (Å²) in [6.45, 7) is 7.71. The lowest BCUT2D eigenvalue weighted by molar-refractivity contribution is 0.152. The topological polar surface area (TPSA) is 21.3 Å². The van der Waals surface area contributed by atoms with Crippen molar-refractivity contribution in [3.05, 3.63) is 0 Å². The third kappa shape index (κ3) is 5.27. The van der Waals surface area contributed by atoms with Gasteiger partial charge in [0.25, 0.3) is 0 Å². The molecule has 0 unspecified atom stereocenters. The van der Waals surface area contributed by atoms with Crippen LogP contribution < -0.4 is 5.32 Å². The molecule has 1 aliphatic carbocycles. The van der Waals surface area contributed by atoms with Crippen LogP contribution in [0.2, 0.25) is 0 Å². The highest BCUT2D eigenvalue weighted by molar-refractivity contribution is 4.83. The van der Waals surface area contributed by atoms with E-state index in [0.29, 0.717) is 5.41 Å². The summed E-state index contributed by atoms with van der Waals surface area (Å²) in [7, 11) is 1.77. The summed E-state index contributed by atoms with van der Waals surface area (Å²) in [6.07, 6.45) is 11.4. The summed E-state index contributed by atoms with van der Waals surface area (Å²) < 4.78 is 5.11. The van der Waals surface area contributed by atoms with Crippen LogP contribution in [0.3, 0.4) is 0 Å². The van der Waals surface area contributed by atoms with Crippen LogP contribution in [-0.4, -0.2) is 26.8 Å². The van der Waals surface area contributed by atoms with Crippen LogP contribution in [0.15, 0.2) is 0 Å². The maximum atomic E-state index is 5.11. The van der Waals surface area contributed by atoms with E-state index in [1.54, 1.807) is 7.11 Å². The Hall–Kier alpha value is -0.0800. The van der Waals surface area contributed by atoms with E-state index in [1.165, 1.54) is 57.9 Å². The number of nitrogens with one attached hydrogen (secondary N) is 1. The molecule has 1 aliphatic rings. The Morgan fingerprint density at radius 1 is 1.11 bits per heavy atom. The van der Waals surface area contributed by atoms with Gasteiger partial charge in [-0.2, -0.15) is 0 Å². The monoisotopic (exact) mass is 255 g/mol. The zero-order valence-corrected chi connectivity index (χ0v) is 12.8. The van der Waals surface area contributed by atoms with Gasteiger partial charge in [0.1, 0.15) is 0 Å². The van der Waals surface area contributed by atoms with Crippen LogP contribution in [0, 0.1) is 11.3 Å². The first-order valence-electron chi connectivity index (χ1n) is 7.96. The standard InChI is InChI=1S/C16H33NO/c1-4-16(5-2,14-17-11-12-18-3)13-15-9-7-6-8-10-15/h15,17H,4-14H2,1-3H3. The molecule has 0 radical (unpaired) electrons. The van der Waals surface area contributed by atoms with Crippen LogP contribution in [0.4, 0.5) is 0 Å². The molecule has 1 fully saturated rings. The zero-order chi connectivity index (χ0) is 13.3. The molecule has 0 saturated heterocycles. The summed E-state index contributed by atoms with van der Waals surface area (Å²) >= 11 is 0. The molecule has 2 heteroatoms. The quantitative estimate of drug-likeness (QED) is 0.629. The summed E-state index contributed by atoms with van der Waals surface area (Å²) in [5.41, 5.74) is 0.524. The SMILES string of the molecule is CCC(CC)(CNCCOC)CC1CCCCC1. The Morgan fingerprint density at radius 2 is 1.78 bits per heavy atom. The number of ether oxygens (including phenoxy) is 1. The van der Waals surface area contributed by atoms with Gasteiger partial charge in [-0.05, 0) is 30.6 Å². The number of rotatable bonds is 9. The predicted octanol–water partition coefficient (Wildman–Crippen LogP) is 4.00. The van der Waals surface area contributed by atoms with Crippen molar-refractivity contribution in [3.63, 3.8) is 0 Å². The highest BCUT2D eigenvalue weighted by Gasteiger charge is 2.29. The number of methoxy groups -OCH3 is 1. The predicted molar refractivity (Wildman–Crippen MR) is 79.0 cm³/mol. The Balaban J connectivity index is 2.39. The molecule has 0 amide bonds. The van der Waals surface area contributed by atoms with Gasteiger partial charge in [-0.1, -0.05) is 46.0 Å². The molecule has 0 aromatic heterocycles. The minimum absolute atomic E-state index is 0.524. The minimum atomic E-state index is 0.524. The molecule has 18 heavy (non-hydrogen) atoms. The maximum Gasteiger partial charge on any atom is 0.0587 e. The summed E-state index contributed by atoms with van der Waals surface area (Å²) in [5, 5.41) is 3.59. The van der Waals surface area contributed by atoms with Crippen molar-refractivity contribution < 1.29 is 4.74 Å². The maximum absolute atomic E-state index is 5.11. The van der Waals surface area contributed by atoms with Crippen molar-refractivity contribution in [3.8, 4) is 0 Å². The molecule has 2 nitrogen and oxygen atoms in total. The molecule has 0 spiro atoms. The smallest absolute Gasteiger partial charge is 0.0587 e. The molecule has 0 atom stereocenters. The molecule has 1 rings (SSSR count). The van der Waals surface area contributed by atoms with Gasteiger partial charge in [0.05, 0.1) is 6.61 Å². The fourth-order valence-electron chi connectivity index (χ4n) is 3.39. The molecule has 0 bridgehead atoms. The molecule has 0 aromatic rings. The van der Waals surface area contributed by atoms with Gasteiger partial charge in [0.2, 0.25) is 0 Å². The van der Waals surface area contributed by atoms with E-state index in [2.05, 4.69) is 19.2 Å². The van der Waals surface area contributed by atoms with Crippen molar-refractivity contribution in [2.75, 3.05) is 26.8 Å². The Kier molecular flexibility index (Phi) is 7.92. The Bertz CT molecular complexity index is 195. The fourth-order valence-corrected chi connectivity index (χ4v) is 3.39. The van der Waals surface area contributed by atoms with E-state index in [0.717, 1.165) is 19.1 Å². The van der Waals surface area contributed by atoms with E-state index in [9.17, 15) is 0 Å². The van der Waals surface area contributed by atoms with E-state index in [4.69, 9.17) is 4.74 Å².